The molecule has 0 atom stereocenters. The van der Waals surface area contributed by atoms with Crippen LogP contribution in [0.15, 0.2) is 0 Å². The van der Waals surface area contributed by atoms with Crippen molar-refractivity contribution in [3.8, 4) is 0 Å². The number of carboxylic acid groups (broad SMARTS) is 1. The number of amides is 3. The van der Waals surface area contributed by atoms with Gasteiger partial charge in [0.15, 0.2) is 0 Å². The molecule has 9 nitrogen and oxygen atoms in total. The fourth-order valence-electron chi connectivity index (χ4n) is 5.10. The number of rotatable bonds is 13. The summed E-state index contributed by atoms with van der Waals surface area (Å²) in [6.45, 7) is 11.7. The molecule has 2 saturated heterocycles. The van der Waals surface area contributed by atoms with Crippen LogP contribution in [-0.4, -0.2) is 96.6 Å². The zero-order valence-electron chi connectivity index (χ0n) is 22.6. The van der Waals surface area contributed by atoms with E-state index >= 15 is 0 Å². The fraction of sp³-hybridized carbons (Fsp3) is 0.741. The van der Waals surface area contributed by atoms with E-state index in [4.69, 9.17) is 0 Å². The number of urea groups is 1. The van der Waals surface area contributed by atoms with Crippen LogP contribution in [-0.2, 0) is 0 Å². The number of likely N-dealkylation sites (tertiary alicyclic amines) is 1. The maximum Gasteiger partial charge on any atom is 0.339 e. The van der Waals surface area contributed by atoms with Crippen LogP contribution < -0.4 is 10.6 Å². The van der Waals surface area contributed by atoms with Gasteiger partial charge in [0, 0.05) is 45.8 Å². The lowest BCUT2D eigenvalue weighted by Crippen LogP contribution is -2.50. The van der Waals surface area contributed by atoms with Crippen LogP contribution in [0.25, 0.3) is 0 Å². The van der Waals surface area contributed by atoms with Crippen LogP contribution in [0.1, 0.15) is 90.3 Å². The summed E-state index contributed by atoms with van der Waals surface area (Å²) in [5.74, 6) is -1.29. The molecule has 1 aromatic heterocycles. The third-order valence-electron chi connectivity index (χ3n) is 7.44. The Labute approximate surface area is 225 Å². The molecule has 3 rings (SSSR count). The SMILES string of the molecule is CCCCCCCCNC(=O)Nc1sc(C(=O)N2CCN(CCN3CCCCC3)CC2)c(C)c1C(=O)O. The van der Waals surface area contributed by atoms with E-state index in [1.54, 1.807) is 6.92 Å². The number of hydrogen-bond acceptors (Lipinski definition) is 6. The zero-order valence-corrected chi connectivity index (χ0v) is 23.5. The van der Waals surface area contributed by atoms with Gasteiger partial charge in [0.1, 0.15) is 5.00 Å². The second-order valence-corrected chi connectivity index (χ2v) is 11.3. The molecule has 0 radical (unpaired) electrons. The number of nitrogens with one attached hydrogen (secondary N) is 2. The summed E-state index contributed by atoms with van der Waals surface area (Å²) in [7, 11) is 0. The first-order valence-corrected chi connectivity index (χ1v) is 14.9. The number of aromatic carboxylic acids is 1. The van der Waals surface area contributed by atoms with Crippen LogP contribution in [0, 0.1) is 6.92 Å². The van der Waals surface area contributed by atoms with Crippen molar-refractivity contribution in [1.82, 2.24) is 20.0 Å². The molecule has 2 aliphatic heterocycles. The Kier molecular flexibility index (Phi) is 12.1. The van der Waals surface area contributed by atoms with E-state index in [0.717, 1.165) is 56.8 Å². The smallest absolute Gasteiger partial charge is 0.339 e. The van der Waals surface area contributed by atoms with Crippen molar-refractivity contribution < 1.29 is 19.5 Å². The minimum absolute atomic E-state index is 0.00299. The number of thiophene rings is 1. The molecule has 1 aromatic rings. The standard InChI is InChI=1S/C27H45N5O4S/c1-3-4-5-6-7-9-12-28-27(36)29-24-22(26(34)35)21(2)23(37-24)25(33)32-19-17-31(18-20-32)16-15-30-13-10-8-11-14-30/h3-20H2,1-2H3,(H,34,35)(H2,28,29,36). The van der Waals surface area contributed by atoms with Gasteiger partial charge in [0.2, 0.25) is 0 Å². The van der Waals surface area contributed by atoms with Gasteiger partial charge in [-0.3, -0.25) is 15.0 Å². The summed E-state index contributed by atoms with van der Waals surface area (Å²) in [5, 5.41) is 15.5. The number of carbonyl (C=O) groups is 3. The van der Waals surface area contributed by atoms with Crippen molar-refractivity contribution >= 4 is 34.2 Å². The third-order valence-corrected chi connectivity index (χ3v) is 8.63. The maximum atomic E-state index is 13.3. The molecule has 3 heterocycles. The first-order chi connectivity index (χ1) is 17.9. The number of piperidine rings is 1. The molecule has 3 N–H and O–H groups in total. The predicted molar refractivity (Wildman–Crippen MR) is 149 cm³/mol. The van der Waals surface area contributed by atoms with E-state index in [1.165, 1.54) is 51.6 Å². The van der Waals surface area contributed by atoms with E-state index in [2.05, 4.69) is 27.4 Å². The molecule has 0 spiro atoms. The summed E-state index contributed by atoms with van der Waals surface area (Å²) in [6.07, 6.45) is 10.7. The number of carbonyl (C=O) groups excluding carboxylic acids is 2. The molecule has 0 aliphatic carbocycles. The van der Waals surface area contributed by atoms with Gasteiger partial charge in [-0.2, -0.15) is 0 Å². The minimum Gasteiger partial charge on any atom is -0.478 e. The van der Waals surface area contributed by atoms with Crippen molar-refractivity contribution in [3.63, 3.8) is 0 Å². The fourth-order valence-corrected chi connectivity index (χ4v) is 6.26. The molecule has 0 bridgehead atoms. The van der Waals surface area contributed by atoms with Crippen LogP contribution in [0.5, 0.6) is 0 Å². The van der Waals surface area contributed by atoms with Gasteiger partial charge in [-0.25, -0.2) is 9.59 Å². The highest BCUT2D eigenvalue weighted by molar-refractivity contribution is 7.18. The molecule has 208 valence electrons. The van der Waals surface area contributed by atoms with E-state index in [1.807, 2.05) is 4.90 Å². The molecule has 10 heteroatoms. The van der Waals surface area contributed by atoms with Crippen LogP contribution >= 0.6 is 11.3 Å². The highest BCUT2D eigenvalue weighted by Gasteiger charge is 2.29. The first kappa shape index (κ1) is 29.4. The Hall–Kier alpha value is -2.17. The van der Waals surface area contributed by atoms with Gasteiger partial charge in [0.05, 0.1) is 10.4 Å². The lowest BCUT2D eigenvalue weighted by atomic mass is 10.1. The number of unbranched alkanes of at least 4 members (excludes halogenated alkanes) is 5. The van der Waals surface area contributed by atoms with Gasteiger partial charge in [-0.1, -0.05) is 45.4 Å². The summed E-state index contributed by atoms with van der Waals surface area (Å²) in [6, 6.07) is -0.432. The molecule has 2 fully saturated rings. The number of hydrogen-bond donors (Lipinski definition) is 3. The van der Waals surface area contributed by atoms with Gasteiger partial charge in [0.25, 0.3) is 5.91 Å². The highest BCUT2D eigenvalue weighted by Crippen LogP contribution is 2.34. The Balaban J connectivity index is 1.49. The van der Waals surface area contributed by atoms with Gasteiger partial charge in [-0.15, -0.1) is 11.3 Å². The van der Waals surface area contributed by atoms with Gasteiger partial charge < -0.3 is 20.2 Å². The van der Waals surface area contributed by atoms with Crippen molar-refractivity contribution in [3.05, 3.63) is 16.0 Å². The Morgan fingerprint density at radius 3 is 2.14 bits per heavy atom. The van der Waals surface area contributed by atoms with Crippen molar-refractivity contribution in [2.45, 2.75) is 71.6 Å². The minimum atomic E-state index is -1.14. The molecule has 37 heavy (non-hydrogen) atoms. The Bertz CT molecular complexity index is 892. The van der Waals surface area contributed by atoms with Crippen LogP contribution in [0.4, 0.5) is 9.80 Å². The maximum absolute atomic E-state index is 13.3. The third kappa shape index (κ3) is 8.97. The Morgan fingerprint density at radius 2 is 1.49 bits per heavy atom. The quantitative estimate of drug-likeness (QED) is 0.322. The second kappa shape index (κ2) is 15.3. The average Bonchev–Trinajstić information content (AvgIpc) is 3.22. The molecule has 0 saturated carbocycles. The average molecular weight is 536 g/mol. The van der Waals surface area contributed by atoms with E-state index in [9.17, 15) is 19.5 Å². The largest absolute Gasteiger partial charge is 0.478 e. The molecule has 3 amide bonds. The van der Waals surface area contributed by atoms with E-state index < -0.39 is 12.0 Å². The second-order valence-electron chi connectivity index (χ2n) is 10.3. The van der Waals surface area contributed by atoms with Crippen molar-refractivity contribution in [2.75, 3.05) is 64.2 Å². The zero-order chi connectivity index (χ0) is 26.6. The lowest BCUT2D eigenvalue weighted by molar-refractivity contribution is 0.0623. The monoisotopic (exact) mass is 535 g/mol. The number of carboxylic acids is 1. The van der Waals surface area contributed by atoms with Crippen LogP contribution in [0.3, 0.4) is 0 Å². The Morgan fingerprint density at radius 1 is 0.865 bits per heavy atom. The van der Waals surface area contributed by atoms with E-state index in [-0.39, 0.29) is 16.5 Å². The summed E-state index contributed by atoms with van der Waals surface area (Å²) >= 11 is 1.06. The molecule has 2 aliphatic rings. The summed E-state index contributed by atoms with van der Waals surface area (Å²) in [4.78, 5) is 44.8. The number of anilines is 1. The molecular formula is C27H45N5O4S. The number of nitrogens with zero attached hydrogens (tertiary/aromatic N) is 3. The van der Waals surface area contributed by atoms with Crippen LogP contribution in [0.2, 0.25) is 0 Å². The normalized spacial score (nSPS) is 17.1. The van der Waals surface area contributed by atoms with Crippen molar-refractivity contribution in [1.29, 1.82) is 0 Å². The topological polar surface area (TPSA) is 105 Å². The highest BCUT2D eigenvalue weighted by atomic mass is 32.1. The van der Waals surface area contributed by atoms with E-state index in [0.29, 0.717) is 30.1 Å². The first-order valence-electron chi connectivity index (χ1n) is 14.1. The molecule has 0 unspecified atom stereocenters. The molecular weight excluding hydrogens is 490 g/mol. The van der Waals surface area contributed by atoms with Crippen molar-refractivity contribution in [2.24, 2.45) is 0 Å². The lowest BCUT2D eigenvalue weighted by Gasteiger charge is -2.36. The summed E-state index contributed by atoms with van der Waals surface area (Å²) < 4.78 is 0. The van der Waals surface area contributed by atoms with Gasteiger partial charge in [-0.05, 0) is 44.8 Å². The molecule has 0 aromatic carbocycles. The summed E-state index contributed by atoms with van der Waals surface area (Å²) in [5.41, 5.74) is 0.421. The predicted octanol–water partition coefficient (Wildman–Crippen LogP) is 4.48. The van der Waals surface area contributed by atoms with Gasteiger partial charge >= 0.3 is 12.0 Å². The number of piperazine rings is 1.